The van der Waals surface area contributed by atoms with Crippen LogP contribution in [0, 0.1) is 11.3 Å². The second-order valence-corrected chi connectivity index (χ2v) is 8.80. The number of nitriles is 1. The lowest BCUT2D eigenvalue weighted by atomic mass is 10.1. The zero-order valence-corrected chi connectivity index (χ0v) is 15.0. The van der Waals surface area contributed by atoms with Gasteiger partial charge in [-0.3, -0.25) is 4.79 Å². The molecule has 1 aromatic heterocycles. The van der Waals surface area contributed by atoms with Gasteiger partial charge >= 0.3 is 0 Å². The molecule has 0 saturated carbocycles. The Labute approximate surface area is 150 Å². The molecule has 3 rings (SSSR count). The van der Waals surface area contributed by atoms with Gasteiger partial charge in [0.05, 0.1) is 11.6 Å². The van der Waals surface area contributed by atoms with Crippen molar-refractivity contribution in [2.75, 3.05) is 6.54 Å². The minimum Gasteiger partial charge on any atom is -0.351 e. The first-order valence-electron chi connectivity index (χ1n) is 7.84. The lowest BCUT2D eigenvalue weighted by molar-refractivity contribution is -0.124. The van der Waals surface area contributed by atoms with Crippen molar-refractivity contribution in [3.63, 3.8) is 0 Å². The first kappa shape index (κ1) is 17.6. The number of hydrogen-bond donors (Lipinski definition) is 1. The molecule has 1 aromatic carbocycles. The van der Waals surface area contributed by atoms with Crippen LogP contribution in [-0.4, -0.2) is 31.2 Å². The zero-order chi connectivity index (χ0) is 17.9. The topological polar surface area (TPSA) is 90.3 Å². The fourth-order valence-corrected chi connectivity index (χ4v) is 5.60. The van der Waals surface area contributed by atoms with E-state index >= 15 is 0 Å². The third-order valence-corrected chi connectivity index (χ3v) is 7.40. The van der Waals surface area contributed by atoms with Crippen LogP contribution in [0.2, 0.25) is 0 Å². The Morgan fingerprint density at radius 2 is 2.08 bits per heavy atom. The molecule has 25 heavy (non-hydrogen) atoms. The number of rotatable bonds is 5. The number of amides is 1. The lowest BCUT2D eigenvalue weighted by Crippen LogP contribution is -2.45. The number of benzene rings is 1. The van der Waals surface area contributed by atoms with E-state index in [0.29, 0.717) is 31.5 Å². The van der Waals surface area contributed by atoms with E-state index in [-0.39, 0.29) is 10.1 Å². The molecule has 1 saturated heterocycles. The molecule has 0 unspecified atom stereocenters. The summed E-state index contributed by atoms with van der Waals surface area (Å²) in [6, 6.07) is 11.5. The number of hydrogen-bond acceptors (Lipinski definition) is 5. The van der Waals surface area contributed by atoms with Gasteiger partial charge < -0.3 is 5.32 Å². The van der Waals surface area contributed by atoms with Gasteiger partial charge in [-0.1, -0.05) is 18.2 Å². The molecule has 1 N–H and O–H groups in total. The van der Waals surface area contributed by atoms with Gasteiger partial charge in [0, 0.05) is 13.1 Å². The number of carbonyl (C=O) groups is 1. The predicted molar refractivity (Wildman–Crippen MR) is 94.2 cm³/mol. The first-order chi connectivity index (χ1) is 12.0. The Balaban J connectivity index is 1.67. The number of nitrogens with one attached hydrogen (secondary N) is 1. The van der Waals surface area contributed by atoms with Gasteiger partial charge in [-0.05, 0) is 42.0 Å². The Kier molecular flexibility index (Phi) is 5.18. The van der Waals surface area contributed by atoms with Gasteiger partial charge in [0.15, 0.2) is 0 Å². The van der Waals surface area contributed by atoms with Crippen LogP contribution in [-0.2, 0) is 21.4 Å². The molecule has 0 aliphatic carbocycles. The summed E-state index contributed by atoms with van der Waals surface area (Å²) in [5.74, 6) is -0.290. The van der Waals surface area contributed by atoms with E-state index in [0.717, 1.165) is 16.9 Å². The summed E-state index contributed by atoms with van der Waals surface area (Å²) in [6.07, 6.45) is 1.18. The average Bonchev–Trinajstić information content (AvgIpc) is 3.31. The highest BCUT2D eigenvalue weighted by atomic mass is 32.2. The predicted octanol–water partition coefficient (Wildman–Crippen LogP) is 2.09. The van der Waals surface area contributed by atoms with Crippen molar-refractivity contribution < 1.29 is 13.2 Å². The molecular formula is C17H17N3O3S2. The summed E-state index contributed by atoms with van der Waals surface area (Å²) in [5, 5.41) is 13.3. The zero-order valence-electron chi connectivity index (χ0n) is 13.4. The van der Waals surface area contributed by atoms with Crippen LogP contribution in [0.3, 0.4) is 0 Å². The SMILES string of the molecule is N#Cc1ccc(CNC(=O)[C@@H]2CCCN2S(=O)(=O)c2cccs2)cc1. The second kappa shape index (κ2) is 7.35. The molecule has 2 heterocycles. The fourth-order valence-electron chi connectivity index (χ4n) is 2.82. The molecule has 0 spiro atoms. The summed E-state index contributed by atoms with van der Waals surface area (Å²) in [4.78, 5) is 12.5. The normalized spacial score (nSPS) is 18.0. The average molecular weight is 375 g/mol. The molecule has 1 aliphatic heterocycles. The number of nitrogens with zero attached hydrogens (tertiary/aromatic N) is 2. The fraction of sp³-hybridized carbons (Fsp3) is 0.294. The highest BCUT2D eigenvalue weighted by molar-refractivity contribution is 7.91. The smallest absolute Gasteiger partial charge is 0.253 e. The maximum Gasteiger partial charge on any atom is 0.253 e. The summed E-state index contributed by atoms with van der Waals surface area (Å²) >= 11 is 1.16. The van der Waals surface area contributed by atoms with Crippen LogP contribution in [0.1, 0.15) is 24.0 Å². The molecule has 1 amide bonds. The molecule has 1 fully saturated rings. The van der Waals surface area contributed by atoms with Gasteiger partial charge in [-0.15, -0.1) is 11.3 Å². The minimum atomic E-state index is -3.63. The monoisotopic (exact) mass is 375 g/mol. The van der Waals surface area contributed by atoms with Gasteiger partial charge in [-0.25, -0.2) is 8.42 Å². The van der Waals surface area contributed by atoms with Crippen LogP contribution < -0.4 is 5.32 Å². The Bertz CT molecular complexity index is 884. The van der Waals surface area contributed by atoms with E-state index in [1.807, 2.05) is 6.07 Å². The number of carbonyl (C=O) groups excluding carboxylic acids is 1. The van der Waals surface area contributed by atoms with Crippen molar-refractivity contribution in [3.05, 3.63) is 52.9 Å². The van der Waals surface area contributed by atoms with Crippen molar-refractivity contribution in [1.82, 2.24) is 9.62 Å². The van der Waals surface area contributed by atoms with Crippen LogP contribution in [0.5, 0.6) is 0 Å². The standard InChI is InChI=1S/C17H17N3O3S2/c18-11-13-5-7-14(8-6-13)12-19-17(21)15-3-1-9-20(15)25(22,23)16-4-2-10-24-16/h2,4-8,10,15H,1,3,9,12H2,(H,19,21)/t15-/m0/s1. The van der Waals surface area contributed by atoms with E-state index in [1.165, 1.54) is 4.31 Å². The second-order valence-electron chi connectivity index (χ2n) is 5.73. The summed E-state index contributed by atoms with van der Waals surface area (Å²) in [6.45, 7) is 0.656. The van der Waals surface area contributed by atoms with E-state index < -0.39 is 16.1 Å². The van der Waals surface area contributed by atoms with Crippen molar-refractivity contribution in [1.29, 1.82) is 5.26 Å². The molecular weight excluding hydrogens is 358 g/mol. The summed E-state index contributed by atoms with van der Waals surface area (Å²) in [5.41, 5.74) is 1.41. The molecule has 6 nitrogen and oxygen atoms in total. The Morgan fingerprint density at radius 1 is 1.32 bits per heavy atom. The lowest BCUT2D eigenvalue weighted by Gasteiger charge is -2.22. The number of sulfonamides is 1. The third-order valence-electron chi connectivity index (χ3n) is 4.11. The highest BCUT2D eigenvalue weighted by Gasteiger charge is 2.39. The van der Waals surface area contributed by atoms with E-state index in [4.69, 9.17) is 5.26 Å². The summed E-state index contributed by atoms with van der Waals surface area (Å²) < 4.78 is 26.9. The molecule has 130 valence electrons. The van der Waals surface area contributed by atoms with Gasteiger partial charge in [0.2, 0.25) is 5.91 Å². The van der Waals surface area contributed by atoms with E-state index in [9.17, 15) is 13.2 Å². The molecule has 1 atom stereocenters. The Morgan fingerprint density at radius 3 is 2.72 bits per heavy atom. The van der Waals surface area contributed by atoms with Crippen LogP contribution in [0.15, 0.2) is 46.0 Å². The van der Waals surface area contributed by atoms with Gasteiger partial charge in [0.25, 0.3) is 10.0 Å². The van der Waals surface area contributed by atoms with Crippen molar-refractivity contribution in [2.45, 2.75) is 29.6 Å². The van der Waals surface area contributed by atoms with Gasteiger partial charge in [-0.2, -0.15) is 9.57 Å². The van der Waals surface area contributed by atoms with Crippen LogP contribution in [0.4, 0.5) is 0 Å². The molecule has 8 heteroatoms. The molecule has 0 bridgehead atoms. The Hall–Kier alpha value is -2.21. The van der Waals surface area contributed by atoms with Crippen molar-refractivity contribution in [2.24, 2.45) is 0 Å². The minimum absolute atomic E-state index is 0.263. The molecule has 2 aromatic rings. The molecule has 1 aliphatic rings. The van der Waals surface area contributed by atoms with Crippen LogP contribution in [0.25, 0.3) is 0 Å². The molecule has 0 radical (unpaired) electrons. The van der Waals surface area contributed by atoms with Crippen molar-refractivity contribution >= 4 is 27.3 Å². The summed E-state index contributed by atoms with van der Waals surface area (Å²) in [7, 11) is -3.63. The highest BCUT2D eigenvalue weighted by Crippen LogP contribution is 2.28. The quantitative estimate of drug-likeness (QED) is 0.866. The van der Waals surface area contributed by atoms with Gasteiger partial charge in [0.1, 0.15) is 10.3 Å². The maximum atomic E-state index is 12.7. The van der Waals surface area contributed by atoms with E-state index in [1.54, 1.807) is 41.8 Å². The third kappa shape index (κ3) is 3.74. The first-order valence-corrected chi connectivity index (χ1v) is 10.2. The van der Waals surface area contributed by atoms with E-state index in [2.05, 4.69) is 5.32 Å². The number of thiophene rings is 1. The largest absolute Gasteiger partial charge is 0.351 e. The maximum absolute atomic E-state index is 12.7. The van der Waals surface area contributed by atoms with Crippen LogP contribution >= 0.6 is 11.3 Å². The van der Waals surface area contributed by atoms with Crippen molar-refractivity contribution in [3.8, 4) is 6.07 Å².